The van der Waals surface area contributed by atoms with Crippen molar-refractivity contribution in [2.75, 3.05) is 45.7 Å². The van der Waals surface area contributed by atoms with Crippen LogP contribution in [0.15, 0.2) is 29.3 Å². The van der Waals surface area contributed by atoms with Crippen LogP contribution in [-0.2, 0) is 4.74 Å². The second kappa shape index (κ2) is 8.19. The lowest BCUT2D eigenvalue weighted by Gasteiger charge is -2.41. The number of ether oxygens (including phenoxy) is 1. The molecule has 28 heavy (non-hydrogen) atoms. The fourth-order valence-corrected chi connectivity index (χ4v) is 4.85. The van der Waals surface area contributed by atoms with Gasteiger partial charge < -0.3 is 15.0 Å². The minimum absolute atomic E-state index is 0.263. The first-order valence-electron chi connectivity index (χ1n) is 9.75. The number of nitrogens with zero attached hydrogens (tertiary/aromatic N) is 3. The van der Waals surface area contributed by atoms with Crippen LogP contribution in [0.2, 0.25) is 0 Å². The van der Waals surface area contributed by atoms with Gasteiger partial charge in [-0.15, -0.1) is 11.3 Å². The average Bonchev–Trinajstić information content (AvgIpc) is 2.96. The number of aryl methyl sites for hydroxylation is 1. The number of nitrogens with one attached hydrogen (secondary N) is 1. The van der Waals surface area contributed by atoms with Gasteiger partial charge in [-0.05, 0) is 45.0 Å². The van der Waals surface area contributed by atoms with Gasteiger partial charge in [-0.3, -0.25) is 4.90 Å². The number of fused-ring (bicyclic) bond motifs is 2. The van der Waals surface area contributed by atoms with Crippen LogP contribution in [0.1, 0.15) is 23.3 Å². The number of benzene rings is 1. The number of methoxy groups -OCH3 is 1. The Hall–Kier alpha value is -1.96. The fraction of sp³-hybridized carbons (Fsp3) is 0.476. The van der Waals surface area contributed by atoms with Crippen molar-refractivity contribution in [1.82, 2.24) is 9.80 Å². The summed E-state index contributed by atoms with van der Waals surface area (Å²) in [4.78, 5) is 11.0. The molecule has 0 bridgehead atoms. The molecule has 0 saturated carbocycles. The number of halogens is 1. The molecule has 1 atom stereocenters. The Morgan fingerprint density at radius 1 is 1.32 bits per heavy atom. The molecule has 2 aliphatic heterocycles. The van der Waals surface area contributed by atoms with Gasteiger partial charge in [0.1, 0.15) is 16.7 Å². The van der Waals surface area contributed by atoms with Gasteiger partial charge >= 0.3 is 0 Å². The van der Waals surface area contributed by atoms with E-state index >= 15 is 0 Å². The predicted molar refractivity (Wildman–Crippen MR) is 114 cm³/mol. The van der Waals surface area contributed by atoms with Crippen molar-refractivity contribution < 1.29 is 9.13 Å². The van der Waals surface area contributed by atoms with Gasteiger partial charge in [0.25, 0.3) is 0 Å². The number of rotatable bonds is 4. The van der Waals surface area contributed by atoms with Crippen LogP contribution in [0.3, 0.4) is 0 Å². The molecule has 1 aromatic carbocycles. The van der Waals surface area contributed by atoms with Crippen molar-refractivity contribution in [3.05, 3.63) is 40.5 Å². The molecule has 3 heterocycles. The number of aliphatic imine (C=N–C) groups is 1. The van der Waals surface area contributed by atoms with Gasteiger partial charge in [0.05, 0.1) is 16.9 Å². The lowest BCUT2D eigenvalue weighted by Crippen LogP contribution is -2.53. The molecule has 150 valence electrons. The number of hydrogen-bond donors (Lipinski definition) is 1. The van der Waals surface area contributed by atoms with E-state index in [-0.39, 0.29) is 5.82 Å². The van der Waals surface area contributed by atoms with Gasteiger partial charge in [0.2, 0.25) is 0 Å². The summed E-state index contributed by atoms with van der Waals surface area (Å²) in [5.41, 5.74) is 2.62. The van der Waals surface area contributed by atoms with Crippen LogP contribution in [0.4, 0.5) is 20.8 Å². The topological polar surface area (TPSA) is 40.1 Å². The van der Waals surface area contributed by atoms with E-state index in [1.807, 2.05) is 0 Å². The summed E-state index contributed by atoms with van der Waals surface area (Å²) in [5.74, 6) is 0.682. The summed E-state index contributed by atoms with van der Waals surface area (Å²) in [6.07, 6.45) is 2.14. The summed E-state index contributed by atoms with van der Waals surface area (Å²) < 4.78 is 19.1. The highest BCUT2D eigenvalue weighted by atomic mass is 32.1. The van der Waals surface area contributed by atoms with Crippen molar-refractivity contribution in [2.24, 2.45) is 4.99 Å². The Balaban J connectivity index is 1.67. The van der Waals surface area contributed by atoms with E-state index in [1.54, 1.807) is 24.5 Å². The number of piperazine rings is 1. The number of hydrogen-bond acceptors (Lipinski definition) is 6. The maximum atomic E-state index is 13.9. The number of anilines is 2. The summed E-state index contributed by atoms with van der Waals surface area (Å²) in [6.45, 7) is 5.71. The Bertz CT molecular complexity index is 881. The second-order valence-corrected chi connectivity index (χ2v) is 8.79. The molecule has 0 aliphatic carbocycles. The van der Waals surface area contributed by atoms with Gasteiger partial charge in [-0.1, -0.05) is 0 Å². The molecule has 2 aliphatic rings. The number of thiophene rings is 1. The molecule has 0 unspecified atom stereocenters. The first kappa shape index (κ1) is 19.4. The Labute approximate surface area is 169 Å². The van der Waals surface area contributed by atoms with Crippen molar-refractivity contribution in [1.29, 1.82) is 0 Å². The number of amidine groups is 1. The largest absolute Gasteiger partial charge is 0.385 e. The fourth-order valence-electron chi connectivity index (χ4n) is 3.93. The molecular weight excluding hydrogens is 375 g/mol. The van der Waals surface area contributed by atoms with Crippen molar-refractivity contribution in [3.8, 4) is 0 Å². The SMILES string of the molecule is COCCC[C@H]1CN(C2=Nc3cc(F)ccc3Nc3sc(C)cc32)CCN1C. The first-order chi connectivity index (χ1) is 13.5. The summed E-state index contributed by atoms with van der Waals surface area (Å²) in [6, 6.07) is 7.41. The average molecular weight is 403 g/mol. The maximum absolute atomic E-state index is 13.9. The van der Waals surface area contributed by atoms with Crippen LogP contribution < -0.4 is 5.32 Å². The van der Waals surface area contributed by atoms with E-state index in [2.05, 4.69) is 35.2 Å². The highest BCUT2D eigenvalue weighted by molar-refractivity contribution is 7.16. The Morgan fingerprint density at radius 2 is 2.18 bits per heavy atom. The van der Waals surface area contributed by atoms with Crippen LogP contribution in [0.25, 0.3) is 0 Å². The lowest BCUT2D eigenvalue weighted by atomic mass is 10.1. The molecule has 1 N–H and O–H groups in total. The standard InChI is InChI=1S/C21H27FN4OS/c1-14-11-17-20(26-9-8-25(2)16(13-26)5-4-10-27-3)23-19-12-15(22)6-7-18(19)24-21(17)28-14/h6-7,11-12,16,24H,4-5,8-10,13H2,1-3H3/t16-/m0/s1. The quantitative estimate of drug-likeness (QED) is 0.771. The zero-order chi connectivity index (χ0) is 19.7. The van der Waals surface area contributed by atoms with E-state index < -0.39 is 0 Å². The first-order valence-corrected chi connectivity index (χ1v) is 10.6. The van der Waals surface area contributed by atoms with Crippen LogP contribution in [0, 0.1) is 12.7 Å². The molecular formula is C21H27FN4OS. The second-order valence-electron chi connectivity index (χ2n) is 7.54. The maximum Gasteiger partial charge on any atom is 0.139 e. The molecule has 4 rings (SSSR count). The molecule has 0 radical (unpaired) electrons. The van der Waals surface area contributed by atoms with Crippen molar-refractivity contribution in [3.63, 3.8) is 0 Å². The predicted octanol–water partition coefficient (Wildman–Crippen LogP) is 4.37. The number of likely N-dealkylation sites (N-methyl/N-ethyl adjacent to an activating group) is 1. The van der Waals surface area contributed by atoms with E-state index in [0.29, 0.717) is 11.7 Å². The van der Waals surface area contributed by atoms with Crippen molar-refractivity contribution in [2.45, 2.75) is 25.8 Å². The Kier molecular flexibility index (Phi) is 5.66. The van der Waals surface area contributed by atoms with Crippen molar-refractivity contribution >= 4 is 33.5 Å². The minimum atomic E-state index is -0.263. The molecule has 7 heteroatoms. The zero-order valence-electron chi connectivity index (χ0n) is 16.7. The summed E-state index contributed by atoms with van der Waals surface area (Å²) in [7, 11) is 3.94. The Morgan fingerprint density at radius 3 is 3.00 bits per heavy atom. The third kappa shape index (κ3) is 3.92. The monoisotopic (exact) mass is 402 g/mol. The van der Waals surface area contributed by atoms with Gasteiger partial charge in [0, 0.05) is 50.3 Å². The van der Waals surface area contributed by atoms with E-state index in [4.69, 9.17) is 9.73 Å². The van der Waals surface area contributed by atoms with Crippen LogP contribution in [-0.4, -0.2) is 62.1 Å². The molecule has 0 spiro atoms. The lowest BCUT2D eigenvalue weighted by molar-refractivity contribution is 0.119. The van der Waals surface area contributed by atoms with Gasteiger partial charge in [-0.25, -0.2) is 9.38 Å². The van der Waals surface area contributed by atoms with E-state index in [1.165, 1.54) is 17.0 Å². The van der Waals surface area contributed by atoms with Gasteiger partial charge in [-0.2, -0.15) is 0 Å². The third-order valence-electron chi connectivity index (χ3n) is 5.49. The normalized spacial score (nSPS) is 19.5. The van der Waals surface area contributed by atoms with Crippen LogP contribution >= 0.6 is 11.3 Å². The molecule has 1 fully saturated rings. The zero-order valence-corrected chi connectivity index (χ0v) is 17.5. The highest BCUT2D eigenvalue weighted by Gasteiger charge is 2.29. The summed E-state index contributed by atoms with van der Waals surface area (Å²) in [5, 5.41) is 4.55. The van der Waals surface area contributed by atoms with E-state index in [9.17, 15) is 4.39 Å². The van der Waals surface area contributed by atoms with E-state index in [0.717, 1.165) is 61.2 Å². The highest BCUT2D eigenvalue weighted by Crippen LogP contribution is 2.39. The molecule has 1 aromatic heterocycles. The molecule has 2 aromatic rings. The third-order valence-corrected chi connectivity index (χ3v) is 6.46. The molecule has 1 saturated heterocycles. The van der Waals surface area contributed by atoms with Crippen LogP contribution in [0.5, 0.6) is 0 Å². The molecule has 5 nitrogen and oxygen atoms in total. The van der Waals surface area contributed by atoms with Gasteiger partial charge in [0.15, 0.2) is 0 Å². The molecule has 0 amide bonds. The smallest absolute Gasteiger partial charge is 0.139 e. The summed E-state index contributed by atoms with van der Waals surface area (Å²) >= 11 is 1.72. The minimum Gasteiger partial charge on any atom is -0.385 e.